The zero-order valence-corrected chi connectivity index (χ0v) is 10.2. The molecule has 1 unspecified atom stereocenters. The maximum atomic E-state index is 11.9. The minimum Gasteiger partial charge on any atom is -0.294 e. The van der Waals surface area contributed by atoms with E-state index in [0.29, 0.717) is 5.03 Å². The molecule has 1 atom stereocenters. The molecule has 2 rings (SSSR count). The van der Waals surface area contributed by atoms with Gasteiger partial charge in [0.25, 0.3) is 0 Å². The highest BCUT2D eigenvalue weighted by atomic mass is 35.5. The first-order chi connectivity index (χ1) is 7.63. The van der Waals surface area contributed by atoms with E-state index in [9.17, 15) is 4.79 Å². The highest BCUT2D eigenvalue weighted by Crippen LogP contribution is 2.29. The summed E-state index contributed by atoms with van der Waals surface area (Å²) in [5, 5.41) is 0.681. The average molecular weight is 236 g/mol. The van der Waals surface area contributed by atoms with Gasteiger partial charge in [0.05, 0.1) is 11.6 Å². The quantitative estimate of drug-likeness (QED) is 0.721. The Morgan fingerprint density at radius 1 is 1.50 bits per heavy atom. The van der Waals surface area contributed by atoms with Crippen molar-refractivity contribution >= 4 is 23.1 Å². The molecule has 1 aliphatic heterocycles. The number of nitrogens with zero attached hydrogens (tertiary/aromatic N) is 1. The van der Waals surface area contributed by atoms with Crippen LogP contribution in [0.4, 0.5) is 0 Å². The van der Waals surface area contributed by atoms with Crippen molar-refractivity contribution < 1.29 is 4.79 Å². The molecule has 0 radical (unpaired) electrons. The lowest BCUT2D eigenvalue weighted by molar-refractivity contribution is -0.115. The minimum atomic E-state index is -0.219. The van der Waals surface area contributed by atoms with Crippen LogP contribution in [0.15, 0.2) is 39.5 Å². The Hall–Kier alpha value is -1.15. The van der Waals surface area contributed by atoms with Gasteiger partial charge in [0, 0.05) is 16.8 Å². The first-order valence-electron chi connectivity index (χ1n) is 5.51. The van der Waals surface area contributed by atoms with E-state index < -0.39 is 0 Å². The molecule has 84 valence electrons. The van der Waals surface area contributed by atoms with Crippen molar-refractivity contribution in [2.45, 2.75) is 26.7 Å². The van der Waals surface area contributed by atoms with E-state index in [4.69, 9.17) is 11.6 Å². The van der Waals surface area contributed by atoms with Crippen LogP contribution in [-0.2, 0) is 4.79 Å². The molecule has 0 aromatic heterocycles. The molecule has 0 bridgehead atoms. The summed E-state index contributed by atoms with van der Waals surface area (Å²) in [7, 11) is 0. The number of carbonyl (C=O) groups is 1. The Balaban J connectivity index is 2.41. The number of hydrogen-bond donors (Lipinski definition) is 0. The molecule has 0 amide bonds. The lowest BCUT2D eigenvalue weighted by atomic mass is 9.86. The lowest BCUT2D eigenvalue weighted by Gasteiger charge is -2.23. The second-order valence-electron chi connectivity index (χ2n) is 4.09. The fraction of sp³-hybridized carbons (Fsp3) is 0.385. The van der Waals surface area contributed by atoms with E-state index in [1.54, 1.807) is 12.2 Å². The van der Waals surface area contributed by atoms with Gasteiger partial charge in [-0.05, 0) is 25.0 Å². The lowest BCUT2D eigenvalue weighted by Crippen LogP contribution is -2.27. The molecule has 0 aromatic carbocycles. The third-order valence-electron chi connectivity index (χ3n) is 2.86. The Kier molecular flexibility index (Phi) is 3.10. The third kappa shape index (κ3) is 1.90. The largest absolute Gasteiger partial charge is 0.294 e. The van der Waals surface area contributed by atoms with Gasteiger partial charge in [0.1, 0.15) is 0 Å². The van der Waals surface area contributed by atoms with Gasteiger partial charge in [0.15, 0.2) is 5.78 Å². The van der Waals surface area contributed by atoms with E-state index in [1.165, 1.54) is 0 Å². The predicted molar refractivity (Wildman–Crippen MR) is 66.6 cm³/mol. The van der Waals surface area contributed by atoms with Gasteiger partial charge in [-0.3, -0.25) is 9.79 Å². The number of ketones is 1. The summed E-state index contributed by atoms with van der Waals surface area (Å²) < 4.78 is 0. The van der Waals surface area contributed by atoms with Gasteiger partial charge < -0.3 is 0 Å². The summed E-state index contributed by atoms with van der Waals surface area (Å²) in [6.07, 6.45) is 7.12. The van der Waals surface area contributed by atoms with Crippen LogP contribution < -0.4 is 0 Å². The minimum absolute atomic E-state index is 0.119. The summed E-state index contributed by atoms with van der Waals surface area (Å²) in [5.41, 5.74) is 2.62. The van der Waals surface area contributed by atoms with Gasteiger partial charge in [0.2, 0.25) is 0 Å². The predicted octanol–water partition coefficient (Wildman–Crippen LogP) is 3.39. The van der Waals surface area contributed by atoms with Crippen LogP contribution >= 0.6 is 11.6 Å². The number of carbonyl (C=O) groups excluding carboxylic acids is 1. The second kappa shape index (κ2) is 4.38. The third-order valence-corrected chi connectivity index (χ3v) is 3.27. The van der Waals surface area contributed by atoms with Gasteiger partial charge in [-0.2, -0.15) is 0 Å². The molecule has 2 aliphatic rings. The highest BCUT2D eigenvalue weighted by molar-refractivity contribution is 6.36. The van der Waals surface area contributed by atoms with E-state index in [0.717, 1.165) is 29.8 Å². The SMILES string of the molecule is CCCC1=CC(=O)C2C=CC(Cl)=C(C)C2=N1. The van der Waals surface area contributed by atoms with E-state index >= 15 is 0 Å². The number of rotatable bonds is 2. The van der Waals surface area contributed by atoms with Crippen molar-refractivity contribution in [2.24, 2.45) is 10.9 Å². The van der Waals surface area contributed by atoms with Crippen molar-refractivity contribution in [1.82, 2.24) is 0 Å². The standard InChI is InChI=1S/C13H14ClNO/c1-3-4-9-7-12(16)10-5-6-11(14)8(2)13(10)15-9/h5-7,10H,3-4H2,1-2H3. The van der Waals surface area contributed by atoms with E-state index in [2.05, 4.69) is 11.9 Å². The Labute approximate surface area is 100 Å². The average Bonchev–Trinajstić information content (AvgIpc) is 2.25. The molecular weight excluding hydrogens is 222 g/mol. The summed E-state index contributed by atoms with van der Waals surface area (Å²) >= 11 is 6.04. The van der Waals surface area contributed by atoms with Crippen molar-refractivity contribution in [3.8, 4) is 0 Å². The van der Waals surface area contributed by atoms with Crippen LogP contribution in [-0.4, -0.2) is 11.5 Å². The number of hydrogen-bond acceptors (Lipinski definition) is 2. The molecular formula is C13H14ClNO. The summed E-state index contributed by atoms with van der Waals surface area (Å²) in [6, 6.07) is 0. The van der Waals surface area contributed by atoms with E-state index in [1.807, 2.05) is 13.0 Å². The fourth-order valence-corrected chi connectivity index (χ4v) is 2.13. The maximum absolute atomic E-state index is 11.9. The first kappa shape index (κ1) is 11.3. The van der Waals surface area contributed by atoms with Gasteiger partial charge in [-0.25, -0.2) is 0 Å². The number of halogens is 1. The molecule has 0 spiro atoms. The molecule has 1 aliphatic carbocycles. The molecule has 3 heteroatoms. The summed E-state index contributed by atoms with van der Waals surface area (Å²) in [4.78, 5) is 16.4. The van der Waals surface area contributed by atoms with Crippen LogP contribution in [0.3, 0.4) is 0 Å². The smallest absolute Gasteiger partial charge is 0.170 e. The van der Waals surface area contributed by atoms with Crippen LogP contribution in [0.25, 0.3) is 0 Å². The molecule has 0 N–H and O–H groups in total. The highest BCUT2D eigenvalue weighted by Gasteiger charge is 2.28. The van der Waals surface area contributed by atoms with Gasteiger partial charge in [-0.15, -0.1) is 0 Å². The molecule has 0 saturated heterocycles. The Morgan fingerprint density at radius 3 is 2.94 bits per heavy atom. The van der Waals surface area contributed by atoms with Gasteiger partial charge in [-0.1, -0.05) is 31.0 Å². The first-order valence-corrected chi connectivity index (χ1v) is 5.89. The van der Waals surface area contributed by atoms with Crippen molar-refractivity contribution in [3.63, 3.8) is 0 Å². The molecule has 0 aromatic rings. The van der Waals surface area contributed by atoms with Crippen molar-refractivity contribution in [3.05, 3.63) is 34.5 Å². The molecule has 1 heterocycles. The van der Waals surface area contributed by atoms with Crippen LogP contribution in [0.2, 0.25) is 0 Å². The zero-order valence-electron chi connectivity index (χ0n) is 9.46. The normalized spacial score (nSPS) is 24.2. The molecule has 0 fully saturated rings. The molecule has 16 heavy (non-hydrogen) atoms. The number of aliphatic imine (C=N–C) groups is 1. The van der Waals surface area contributed by atoms with Crippen LogP contribution in [0.5, 0.6) is 0 Å². The number of fused-ring (bicyclic) bond motifs is 1. The van der Waals surface area contributed by atoms with Crippen LogP contribution in [0, 0.1) is 5.92 Å². The fourth-order valence-electron chi connectivity index (χ4n) is 1.96. The van der Waals surface area contributed by atoms with Crippen molar-refractivity contribution in [2.75, 3.05) is 0 Å². The molecule has 0 saturated carbocycles. The summed E-state index contributed by atoms with van der Waals surface area (Å²) in [5.74, 6) is -0.101. The maximum Gasteiger partial charge on any atom is 0.170 e. The Morgan fingerprint density at radius 2 is 2.25 bits per heavy atom. The summed E-state index contributed by atoms with van der Waals surface area (Å²) in [6.45, 7) is 3.99. The van der Waals surface area contributed by atoms with Gasteiger partial charge >= 0.3 is 0 Å². The Bertz CT molecular complexity index is 455. The zero-order chi connectivity index (χ0) is 11.7. The monoisotopic (exact) mass is 235 g/mol. The number of allylic oxidation sites excluding steroid dienone is 6. The van der Waals surface area contributed by atoms with Crippen LogP contribution in [0.1, 0.15) is 26.7 Å². The second-order valence-corrected chi connectivity index (χ2v) is 4.50. The topological polar surface area (TPSA) is 29.4 Å². The van der Waals surface area contributed by atoms with Crippen molar-refractivity contribution in [1.29, 1.82) is 0 Å². The molecule has 2 nitrogen and oxygen atoms in total. The van der Waals surface area contributed by atoms with E-state index in [-0.39, 0.29) is 11.7 Å².